The lowest BCUT2D eigenvalue weighted by Crippen LogP contribution is -2.30. The number of amides is 2. The van der Waals surface area contributed by atoms with E-state index in [0.29, 0.717) is 13.0 Å². The highest BCUT2D eigenvalue weighted by Gasteiger charge is 2.14. The molecular formula is C20H21BrN4O3. The van der Waals surface area contributed by atoms with E-state index in [1.807, 2.05) is 53.1 Å². The highest BCUT2D eigenvalue weighted by atomic mass is 79.9. The first-order chi connectivity index (χ1) is 13.6. The number of para-hydroxylation sites is 2. The summed E-state index contributed by atoms with van der Waals surface area (Å²) in [6.45, 7) is 0.573. The van der Waals surface area contributed by atoms with E-state index in [4.69, 9.17) is 4.74 Å². The Morgan fingerprint density at radius 3 is 2.61 bits per heavy atom. The van der Waals surface area contributed by atoms with Crippen molar-refractivity contribution in [3.8, 4) is 0 Å². The van der Waals surface area contributed by atoms with E-state index in [0.717, 1.165) is 27.0 Å². The Kier molecular flexibility index (Phi) is 6.78. The van der Waals surface area contributed by atoms with Gasteiger partial charge in [-0.25, -0.2) is 4.98 Å². The lowest BCUT2D eigenvalue weighted by molar-refractivity contribution is -0.124. The number of anilines is 1. The van der Waals surface area contributed by atoms with Crippen LogP contribution in [-0.2, 0) is 27.3 Å². The molecule has 2 N–H and O–H groups in total. The molecule has 1 heterocycles. The van der Waals surface area contributed by atoms with E-state index in [9.17, 15) is 9.59 Å². The number of ether oxygens (including phenoxy) is 1. The maximum Gasteiger partial charge on any atom is 0.245 e. The molecule has 28 heavy (non-hydrogen) atoms. The van der Waals surface area contributed by atoms with E-state index in [1.165, 1.54) is 7.11 Å². The zero-order valence-corrected chi connectivity index (χ0v) is 17.0. The van der Waals surface area contributed by atoms with Crippen LogP contribution in [0, 0.1) is 0 Å². The molecule has 0 radical (unpaired) electrons. The topological polar surface area (TPSA) is 85.2 Å². The number of carbonyl (C=O) groups is 2. The van der Waals surface area contributed by atoms with Crippen LogP contribution in [0.25, 0.3) is 11.0 Å². The van der Waals surface area contributed by atoms with Crippen molar-refractivity contribution in [1.29, 1.82) is 0 Å². The van der Waals surface area contributed by atoms with Gasteiger partial charge in [-0.2, -0.15) is 0 Å². The van der Waals surface area contributed by atoms with Crippen LogP contribution >= 0.6 is 15.9 Å². The average Bonchev–Trinajstić information content (AvgIpc) is 3.01. The van der Waals surface area contributed by atoms with Gasteiger partial charge in [0.25, 0.3) is 0 Å². The van der Waals surface area contributed by atoms with Crippen LogP contribution in [0.15, 0.2) is 53.0 Å². The number of rotatable bonds is 8. The van der Waals surface area contributed by atoms with Gasteiger partial charge in [0.1, 0.15) is 19.0 Å². The van der Waals surface area contributed by atoms with Crippen molar-refractivity contribution < 1.29 is 14.3 Å². The number of halogens is 1. The van der Waals surface area contributed by atoms with Crippen LogP contribution in [0.4, 0.5) is 5.69 Å². The summed E-state index contributed by atoms with van der Waals surface area (Å²) >= 11 is 3.38. The van der Waals surface area contributed by atoms with E-state index >= 15 is 0 Å². The van der Waals surface area contributed by atoms with E-state index < -0.39 is 0 Å². The third-order valence-electron chi connectivity index (χ3n) is 4.11. The second-order valence-corrected chi connectivity index (χ2v) is 7.11. The predicted octanol–water partition coefficient (Wildman–Crippen LogP) is 2.74. The van der Waals surface area contributed by atoms with Crippen molar-refractivity contribution in [2.24, 2.45) is 0 Å². The van der Waals surface area contributed by atoms with Crippen molar-refractivity contribution in [1.82, 2.24) is 14.9 Å². The predicted molar refractivity (Wildman–Crippen MR) is 111 cm³/mol. The molecule has 0 saturated carbocycles. The second kappa shape index (κ2) is 9.48. The number of hydrogen-bond donors (Lipinski definition) is 2. The normalized spacial score (nSPS) is 10.8. The quantitative estimate of drug-likeness (QED) is 0.559. The van der Waals surface area contributed by atoms with Crippen LogP contribution in [-0.4, -0.2) is 41.6 Å². The van der Waals surface area contributed by atoms with Gasteiger partial charge in [0.15, 0.2) is 0 Å². The zero-order chi connectivity index (χ0) is 19.9. The van der Waals surface area contributed by atoms with E-state index in [-0.39, 0.29) is 25.0 Å². The molecular weight excluding hydrogens is 424 g/mol. The molecule has 0 aliphatic rings. The van der Waals surface area contributed by atoms with E-state index in [1.54, 1.807) is 0 Å². The van der Waals surface area contributed by atoms with Crippen molar-refractivity contribution >= 4 is 44.5 Å². The molecule has 0 spiro atoms. The minimum absolute atomic E-state index is 0.0199. The first kappa shape index (κ1) is 20.0. The molecule has 0 unspecified atom stereocenters. The fourth-order valence-corrected chi connectivity index (χ4v) is 3.13. The molecule has 2 amide bonds. The first-order valence-corrected chi connectivity index (χ1v) is 9.61. The molecule has 0 saturated heterocycles. The lowest BCUT2D eigenvalue weighted by Gasteiger charge is -2.11. The Hall–Kier alpha value is -2.71. The number of fused-ring (bicyclic) bond motifs is 1. The molecule has 0 atom stereocenters. The van der Waals surface area contributed by atoms with Gasteiger partial charge in [0.2, 0.25) is 11.8 Å². The summed E-state index contributed by atoms with van der Waals surface area (Å²) in [6.07, 6.45) is 0.510. The summed E-state index contributed by atoms with van der Waals surface area (Å²) in [5.74, 6) is 0.415. The van der Waals surface area contributed by atoms with Crippen LogP contribution in [0.5, 0.6) is 0 Å². The number of methoxy groups -OCH3 is 1. The van der Waals surface area contributed by atoms with Crippen LogP contribution in [0.2, 0.25) is 0 Å². The minimum atomic E-state index is -0.182. The van der Waals surface area contributed by atoms with Gasteiger partial charge in [0, 0.05) is 30.2 Å². The Balaban J connectivity index is 1.73. The molecule has 3 aromatic rings. The molecule has 1 aromatic heterocycles. The molecule has 3 rings (SSSR count). The van der Waals surface area contributed by atoms with Crippen molar-refractivity contribution in [3.63, 3.8) is 0 Å². The Morgan fingerprint density at radius 2 is 1.86 bits per heavy atom. The molecule has 2 aromatic carbocycles. The maximum atomic E-state index is 12.6. The highest BCUT2D eigenvalue weighted by Crippen LogP contribution is 2.18. The standard InChI is InChI=1S/C20H21BrN4O3/c1-28-13-20(27)22-11-10-18-24-16-4-2-3-5-17(16)25(18)12-19(26)23-15-8-6-14(21)7-9-15/h2-9H,10-13H2,1H3,(H,22,27)(H,23,26). The molecule has 0 fully saturated rings. The Bertz CT molecular complexity index is 969. The average molecular weight is 445 g/mol. The third-order valence-corrected chi connectivity index (χ3v) is 4.64. The van der Waals surface area contributed by atoms with E-state index in [2.05, 4.69) is 31.5 Å². The molecule has 7 nitrogen and oxygen atoms in total. The summed E-state index contributed by atoms with van der Waals surface area (Å²) in [6, 6.07) is 15.1. The van der Waals surface area contributed by atoms with Gasteiger partial charge in [-0.05, 0) is 36.4 Å². The number of aromatic nitrogens is 2. The molecule has 8 heteroatoms. The largest absolute Gasteiger partial charge is 0.375 e. The summed E-state index contributed by atoms with van der Waals surface area (Å²) < 4.78 is 7.63. The van der Waals surface area contributed by atoms with Crippen molar-refractivity contribution in [2.45, 2.75) is 13.0 Å². The van der Waals surface area contributed by atoms with Gasteiger partial charge >= 0.3 is 0 Å². The number of carbonyl (C=O) groups excluding carboxylic acids is 2. The molecule has 0 aliphatic heterocycles. The van der Waals surface area contributed by atoms with Gasteiger partial charge in [-0.1, -0.05) is 28.1 Å². The number of nitrogens with zero attached hydrogens (tertiary/aromatic N) is 2. The molecule has 0 aliphatic carbocycles. The molecule has 146 valence electrons. The fourth-order valence-electron chi connectivity index (χ4n) is 2.87. The number of nitrogens with one attached hydrogen (secondary N) is 2. The minimum Gasteiger partial charge on any atom is -0.375 e. The Labute approximate surface area is 171 Å². The van der Waals surface area contributed by atoms with Gasteiger partial charge in [-0.15, -0.1) is 0 Å². The SMILES string of the molecule is COCC(=O)NCCc1nc2ccccc2n1CC(=O)Nc1ccc(Br)cc1. The van der Waals surface area contributed by atoms with Gasteiger partial charge in [-0.3, -0.25) is 9.59 Å². The van der Waals surface area contributed by atoms with Gasteiger partial charge in [0.05, 0.1) is 11.0 Å². The monoisotopic (exact) mass is 444 g/mol. The third kappa shape index (κ3) is 5.17. The smallest absolute Gasteiger partial charge is 0.245 e. The zero-order valence-electron chi connectivity index (χ0n) is 15.4. The van der Waals surface area contributed by atoms with Gasteiger partial charge < -0.3 is 19.9 Å². The van der Waals surface area contributed by atoms with Crippen LogP contribution in [0.3, 0.4) is 0 Å². The van der Waals surface area contributed by atoms with Crippen LogP contribution in [0.1, 0.15) is 5.82 Å². The highest BCUT2D eigenvalue weighted by molar-refractivity contribution is 9.10. The number of imidazole rings is 1. The number of hydrogen-bond acceptors (Lipinski definition) is 4. The summed E-state index contributed by atoms with van der Waals surface area (Å²) in [5, 5.41) is 5.68. The summed E-state index contributed by atoms with van der Waals surface area (Å²) in [4.78, 5) is 28.8. The van der Waals surface area contributed by atoms with Crippen molar-refractivity contribution in [3.05, 3.63) is 58.8 Å². The van der Waals surface area contributed by atoms with Crippen molar-refractivity contribution in [2.75, 3.05) is 25.6 Å². The second-order valence-electron chi connectivity index (χ2n) is 6.19. The fraction of sp³-hybridized carbons (Fsp3) is 0.250. The maximum absolute atomic E-state index is 12.6. The molecule has 0 bridgehead atoms. The summed E-state index contributed by atoms with van der Waals surface area (Å²) in [5.41, 5.74) is 2.43. The van der Waals surface area contributed by atoms with Crippen LogP contribution < -0.4 is 10.6 Å². The number of benzene rings is 2. The first-order valence-electron chi connectivity index (χ1n) is 8.82. The summed E-state index contributed by atoms with van der Waals surface area (Å²) in [7, 11) is 1.48. The Morgan fingerprint density at radius 1 is 1.11 bits per heavy atom. The lowest BCUT2D eigenvalue weighted by atomic mass is 10.3.